The maximum Gasteiger partial charge on any atom is 0.358 e. The summed E-state index contributed by atoms with van der Waals surface area (Å²) in [7, 11) is 0. The van der Waals surface area contributed by atoms with Crippen LogP contribution in [0.3, 0.4) is 0 Å². The number of benzene rings is 1. The molecular formula is C21H20N2O3. The average molecular weight is 348 g/mol. The van der Waals surface area contributed by atoms with Gasteiger partial charge in [0, 0.05) is 41.2 Å². The molecule has 5 heteroatoms. The molecule has 0 saturated carbocycles. The van der Waals surface area contributed by atoms with Gasteiger partial charge in [-0.05, 0) is 25.5 Å². The lowest BCUT2D eigenvalue weighted by molar-refractivity contribution is 0.0685. The third kappa shape index (κ3) is 3.88. The van der Waals surface area contributed by atoms with E-state index in [-0.39, 0.29) is 5.69 Å². The zero-order valence-electron chi connectivity index (χ0n) is 14.8. The highest BCUT2D eigenvalue weighted by molar-refractivity contribution is 5.90. The lowest BCUT2D eigenvalue weighted by Crippen LogP contribution is -2.10. The number of aryl methyl sites for hydroxylation is 1. The van der Waals surface area contributed by atoms with E-state index in [0.29, 0.717) is 18.8 Å². The Labute approximate surface area is 152 Å². The molecule has 5 nitrogen and oxygen atoms in total. The largest absolute Gasteiger partial charge is 0.490 e. The number of rotatable bonds is 6. The first-order valence-corrected chi connectivity index (χ1v) is 8.39. The zero-order valence-corrected chi connectivity index (χ0v) is 14.8. The van der Waals surface area contributed by atoms with Crippen LogP contribution in [0.2, 0.25) is 0 Å². The van der Waals surface area contributed by atoms with Gasteiger partial charge < -0.3 is 9.84 Å². The van der Waals surface area contributed by atoms with E-state index in [0.717, 1.165) is 27.9 Å². The smallest absolute Gasteiger partial charge is 0.358 e. The predicted molar refractivity (Wildman–Crippen MR) is 99.5 cm³/mol. The van der Waals surface area contributed by atoms with Crippen molar-refractivity contribution < 1.29 is 14.6 Å². The minimum Gasteiger partial charge on any atom is -0.490 e. The molecule has 3 aromatic rings. The van der Waals surface area contributed by atoms with Crippen LogP contribution in [0.1, 0.15) is 27.3 Å². The average Bonchev–Trinajstić information content (AvgIpc) is 2.64. The molecule has 26 heavy (non-hydrogen) atoms. The quantitative estimate of drug-likeness (QED) is 0.727. The van der Waals surface area contributed by atoms with Crippen molar-refractivity contribution in [1.82, 2.24) is 9.97 Å². The van der Waals surface area contributed by atoms with Gasteiger partial charge in [0.15, 0.2) is 11.4 Å². The topological polar surface area (TPSA) is 72.3 Å². The van der Waals surface area contributed by atoms with Gasteiger partial charge in [0.1, 0.15) is 0 Å². The molecule has 2 aromatic heterocycles. The lowest BCUT2D eigenvalue weighted by atomic mass is 10.0. The molecule has 3 rings (SSSR count). The summed E-state index contributed by atoms with van der Waals surface area (Å²) < 4.78 is 5.86. The highest BCUT2D eigenvalue weighted by Crippen LogP contribution is 2.31. The van der Waals surface area contributed by atoms with Crippen molar-refractivity contribution in [3.8, 4) is 16.9 Å². The SMILES string of the molecule is Cc1ccc(-c2cnc(C(=O)O)c(OCCc3ccccc3)c2C)cn1. The Morgan fingerprint density at radius 2 is 1.81 bits per heavy atom. The molecule has 0 aliphatic rings. The van der Waals surface area contributed by atoms with Crippen LogP contribution in [-0.2, 0) is 6.42 Å². The van der Waals surface area contributed by atoms with Crippen molar-refractivity contribution in [3.63, 3.8) is 0 Å². The molecule has 1 N–H and O–H groups in total. The van der Waals surface area contributed by atoms with Crippen LogP contribution in [-0.4, -0.2) is 27.7 Å². The third-order valence-electron chi connectivity index (χ3n) is 4.19. The molecular weight excluding hydrogens is 328 g/mol. The number of aromatic carboxylic acids is 1. The van der Waals surface area contributed by atoms with Gasteiger partial charge in [-0.3, -0.25) is 4.98 Å². The Bertz CT molecular complexity index is 907. The molecule has 0 aliphatic heterocycles. The minimum absolute atomic E-state index is 0.0700. The molecule has 0 saturated heterocycles. The number of carboxylic acids is 1. The first kappa shape index (κ1) is 17.6. The fraction of sp³-hybridized carbons (Fsp3) is 0.190. The van der Waals surface area contributed by atoms with Gasteiger partial charge in [0.05, 0.1) is 6.61 Å². The van der Waals surface area contributed by atoms with E-state index in [4.69, 9.17) is 4.74 Å². The Morgan fingerprint density at radius 3 is 2.46 bits per heavy atom. The number of aromatic nitrogens is 2. The summed E-state index contributed by atoms with van der Waals surface area (Å²) in [5.41, 5.74) is 4.42. The van der Waals surface area contributed by atoms with Crippen LogP contribution in [0, 0.1) is 13.8 Å². The summed E-state index contributed by atoms with van der Waals surface area (Å²) in [4.78, 5) is 20.0. The molecule has 2 heterocycles. The Hall–Kier alpha value is -3.21. The van der Waals surface area contributed by atoms with Gasteiger partial charge >= 0.3 is 5.97 Å². The molecule has 0 bridgehead atoms. The number of carboxylic acid groups (broad SMARTS) is 1. The molecule has 132 valence electrons. The fourth-order valence-corrected chi connectivity index (χ4v) is 2.75. The maximum atomic E-state index is 11.5. The first-order chi connectivity index (χ1) is 12.6. The Morgan fingerprint density at radius 1 is 1.04 bits per heavy atom. The molecule has 0 amide bonds. The molecule has 0 radical (unpaired) electrons. The second-order valence-electron chi connectivity index (χ2n) is 6.05. The van der Waals surface area contributed by atoms with E-state index in [9.17, 15) is 9.90 Å². The summed E-state index contributed by atoms with van der Waals surface area (Å²) in [5.74, 6) is -0.789. The highest BCUT2D eigenvalue weighted by Gasteiger charge is 2.19. The van der Waals surface area contributed by atoms with Crippen LogP contribution < -0.4 is 4.74 Å². The van der Waals surface area contributed by atoms with E-state index in [1.54, 1.807) is 12.4 Å². The first-order valence-electron chi connectivity index (χ1n) is 8.39. The number of carbonyl (C=O) groups is 1. The van der Waals surface area contributed by atoms with E-state index >= 15 is 0 Å². The van der Waals surface area contributed by atoms with Crippen molar-refractivity contribution in [2.24, 2.45) is 0 Å². The van der Waals surface area contributed by atoms with E-state index < -0.39 is 5.97 Å². The van der Waals surface area contributed by atoms with Crippen molar-refractivity contribution in [2.75, 3.05) is 6.61 Å². The van der Waals surface area contributed by atoms with E-state index in [2.05, 4.69) is 9.97 Å². The molecule has 1 aromatic carbocycles. The van der Waals surface area contributed by atoms with Gasteiger partial charge in [0.25, 0.3) is 0 Å². The van der Waals surface area contributed by atoms with Crippen LogP contribution in [0.4, 0.5) is 0 Å². The third-order valence-corrected chi connectivity index (χ3v) is 4.19. The second-order valence-corrected chi connectivity index (χ2v) is 6.05. The fourth-order valence-electron chi connectivity index (χ4n) is 2.75. The number of nitrogens with zero attached hydrogens (tertiary/aromatic N) is 2. The lowest BCUT2D eigenvalue weighted by Gasteiger charge is -2.15. The van der Waals surface area contributed by atoms with Crippen molar-refractivity contribution in [1.29, 1.82) is 0 Å². The van der Waals surface area contributed by atoms with Gasteiger partial charge in [-0.25, -0.2) is 9.78 Å². The van der Waals surface area contributed by atoms with Gasteiger partial charge in [-0.2, -0.15) is 0 Å². The molecule has 0 fully saturated rings. The molecule has 0 unspecified atom stereocenters. The maximum absolute atomic E-state index is 11.5. The van der Waals surface area contributed by atoms with Crippen molar-refractivity contribution in [3.05, 3.63) is 77.4 Å². The Balaban J connectivity index is 1.89. The summed E-state index contributed by atoms with van der Waals surface area (Å²) in [6, 6.07) is 13.8. The minimum atomic E-state index is -1.10. The van der Waals surface area contributed by atoms with E-state index in [1.807, 2.05) is 56.3 Å². The van der Waals surface area contributed by atoms with E-state index in [1.165, 1.54) is 0 Å². The van der Waals surface area contributed by atoms with Gasteiger partial charge in [-0.1, -0.05) is 36.4 Å². The van der Waals surface area contributed by atoms with Crippen molar-refractivity contribution in [2.45, 2.75) is 20.3 Å². The van der Waals surface area contributed by atoms with Crippen LogP contribution >= 0.6 is 0 Å². The number of hydrogen-bond donors (Lipinski definition) is 1. The zero-order chi connectivity index (χ0) is 18.5. The van der Waals surface area contributed by atoms with Gasteiger partial charge in [-0.15, -0.1) is 0 Å². The second kappa shape index (κ2) is 7.78. The highest BCUT2D eigenvalue weighted by atomic mass is 16.5. The number of pyridine rings is 2. The van der Waals surface area contributed by atoms with Crippen molar-refractivity contribution >= 4 is 5.97 Å². The molecule has 0 atom stereocenters. The number of hydrogen-bond acceptors (Lipinski definition) is 4. The summed E-state index contributed by atoms with van der Waals surface area (Å²) in [6.07, 6.45) is 4.01. The monoisotopic (exact) mass is 348 g/mol. The summed E-state index contributed by atoms with van der Waals surface area (Å²) in [6.45, 7) is 4.14. The van der Waals surface area contributed by atoms with Crippen LogP contribution in [0.5, 0.6) is 5.75 Å². The van der Waals surface area contributed by atoms with Crippen LogP contribution in [0.15, 0.2) is 54.9 Å². The summed E-state index contributed by atoms with van der Waals surface area (Å²) in [5, 5.41) is 9.45. The normalized spacial score (nSPS) is 10.5. The number of ether oxygens (including phenoxy) is 1. The molecule has 0 aliphatic carbocycles. The molecule has 0 spiro atoms. The summed E-state index contributed by atoms with van der Waals surface area (Å²) >= 11 is 0. The van der Waals surface area contributed by atoms with Gasteiger partial charge in [0.2, 0.25) is 0 Å². The Kier molecular flexibility index (Phi) is 5.27. The standard InChI is InChI=1S/C21H20N2O3/c1-14-8-9-17(12-22-14)18-13-23-19(21(24)25)20(15(18)2)26-11-10-16-6-4-3-5-7-16/h3-9,12-13H,10-11H2,1-2H3,(H,24,25). The van der Waals surface area contributed by atoms with Crippen LogP contribution in [0.25, 0.3) is 11.1 Å². The predicted octanol–water partition coefficient (Wildman–Crippen LogP) is 4.08.